The standard InChI is InChI=1S/C22H31NO/c1-11-12(2)16-17-18(13(11)3)21(6,7)22(8,9)23(10)19(17)14(4)15(5)20(16)24/h24H,1-10H3. The number of phenolic OH excluding ortho intramolecular Hbond substituents is 1. The minimum atomic E-state index is -0.0241. The Morgan fingerprint density at radius 2 is 1.25 bits per heavy atom. The lowest BCUT2D eigenvalue weighted by atomic mass is 9.62. The largest absolute Gasteiger partial charge is 0.507 e. The van der Waals surface area contributed by atoms with Crippen molar-refractivity contribution in [2.75, 3.05) is 11.9 Å². The predicted molar refractivity (Wildman–Crippen MR) is 105 cm³/mol. The first-order chi connectivity index (χ1) is 10.9. The Morgan fingerprint density at radius 1 is 0.708 bits per heavy atom. The van der Waals surface area contributed by atoms with E-state index in [2.05, 4.69) is 67.3 Å². The van der Waals surface area contributed by atoms with Gasteiger partial charge in [0.2, 0.25) is 0 Å². The summed E-state index contributed by atoms with van der Waals surface area (Å²) in [5, 5.41) is 13.3. The molecule has 2 nitrogen and oxygen atoms in total. The first-order valence-electron chi connectivity index (χ1n) is 8.87. The van der Waals surface area contributed by atoms with Crippen molar-refractivity contribution >= 4 is 16.5 Å². The van der Waals surface area contributed by atoms with Crippen LogP contribution in [0.5, 0.6) is 5.75 Å². The maximum atomic E-state index is 11.0. The van der Waals surface area contributed by atoms with Gasteiger partial charge in [0, 0.05) is 34.5 Å². The summed E-state index contributed by atoms with van der Waals surface area (Å²) in [4.78, 5) is 2.43. The molecule has 0 aliphatic carbocycles. The average molecular weight is 325 g/mol. The molecule has 0 aromatic heterocycles. The molecule has 1 N–H and O–H groups in total. The summed E-state index contributed by atoms with van der Waals surface area (Å²) in [5.74, 6) is 0.456. The van der Waals surface area contributed by atoms with Crippen LogP contribution in [0.25, 0.3) is 10.8 Å². The van der Waals surface area contributed by atoms with Gasteiger partial charge in [0.15, 0.2) is 0 Å². The van der Waals surface area contributed by atoms with Crippen molar-refractivity contribution in [3.8, 4) is 5.75 Å². The molecule has 0 radical (unpaired) electrons. The van der Waals surface area contributed by atoms with Crippen molar-refractivity contribution in [2.24, 2.45) is 0 Å². The third-order valence-electron chi connectivity index (χ3n) is 7.45. The summed E-state index contributed by atoms with van der Waals surface area (Å²) in [7, 11) is 2.20. The van der Waals surface area contributed by atoms with Crippen LogP contribution in [0.3, 0.4) is 0 Å². The molecule has 0 saturated heterocycles. The highest BCUT2D eigenvalue weighted by Crippen LogP contribution is 2.56. The van der Waals surface area contributed by atoms with Gasteiger partial charge in [-0.2, -0.15) is 0 Å². The summed E-state index contributed by atoms with van der Waals surface area (Å²) in [6.45, 7) is 20.1. The number of phenols is 1. The summed E-state index contributed by atoms with van der Waals surface area (Å²) in [5.41, 5.74) is 8.70. The van der Waals surface area contributed by atoms with E-state index in [9.17, 15) is 5.11 Å². The molecule has 24 heavy (non-hydrogen) atoms. The van der Waals surface area contributed by atoms with Crippen molar-refractivity contribution in [1.29, 1.82) is 0 Å². The number of likely N-dealkylation sites (N-methyl/N-ethyl adjacent to an activating group) is 1. The molecule has 2 aromatic rings. The van der Waals surface area contributed by atoms with Gasteiger partial charge in [0.05, 0.1) is 0 Å². The van der Waals surface area contributed by atoms with E-state index in [4.69, 9.17) is 0 Å². The highest BCUT2D eigenvalue weighted by molar-refractivity contribution is 6.08. The van der Waals surface area contributed by atoms with Crippen LogP contribution in [0.1, 0.15) is 61.1 Å². The van der Waals surface area contributed by atoms with E-state index in [1.54, 1.807) is 0 Å². The molecular weight excluding hydrogens is 294 g/mol. The number of nitrogens with zero attached hydrogens (tertiary/aromatic N) is 1. The molecule has 3 rings (SSSR count). The van der Waals surface area contributed by atoms with E-state index in [0.29, 0.717) is 5.75 Å². The van der Waals surface area contributed by atoms with Gasteiger partial charge < -0.3 is 10.0 Å². The van der Waals surface area contributed by atoms with Gasteiger partial charge in [-0.05, 0) is 81.8 Å². The number of hydrogen-bond acceptors (Lipinski definition) is 2. The second-order valence-corrected chi connectivity index (χ2v) is 8.69. The van der Waals surface area contributed by atoms with Crippen LogP contribution in [-0.4, -0.2) is 17.7 Å². The quantitative estimate of drug-likeness (QED) is 0.682. The Bertz CT molecular complexity index is 879. The molecule has 0 spiro atoms. The number of hydrogen-bond donors (Lipinski definition) is 1. The van der Waals surface area contributed by atoms with E-state index in [0.717, 1.165) is 10.9 Å². The molecule has 1 heterocycles. The van der Waals surface area contributed by atoms with E-state index in [1.165, 1.54) is 38.9 Å². The third kappa shape index (κ3) is 1.67. The zero-order valence-electron chi connectivity index (χ0n) is 16.9. The zero-order chi connectivity index (χ0) is 18.4. The normalized spacial score (nSPS) is 18.3. The van der Waals surface area contributed by atoms with Crippen molar-refractivity contribution in [3.05, 3.63) is 33.4 Å². The minimum absolute atomic E-state index is 0.0203. The minimum Gasteiger partial charge on any atom is -0.507 e. The number of anilines is 1. The molecule has 130 valence electrons. The lowest BCUT2D eigenvalue weighted by Gasteiger charge is -2.55. The summed E-state index contributed by atoms with van der Waals surface area (Å²) < 4.78 is 0. The summed E-state index contributed by atoms with van der Waals surface area (Å²) >= 11 is 0. The van der Waals surface area contributed by atoms with Gasteiger partial charge in [-0.1, -0.05) is 13.8 Å². The van der Waals surface area contributed by atoms with Gasteiger partial charge in [0.25, 0.3) is 0 Å². The number of aryl methyl sites for hydroxylation is 1. The molecule has 0 unspecified atom stereocenters. The van der Waals surface area contributed by atoms with Crippen LogP contribution in [0, 0.1) is 34.6 Å². The van der Waals surface area contributed by atoms with E-state index < -0.39 is 0 Å². The fourth-order valence-electron chi connectivity index (χ4n) is 4.62. The number of aromatic hydroxyl groups is 1. The summed E-state index contributed by atoms with van der Waals surface area (Å²) in [6, 6.07) is 0. The molecule has 0 amide bonds. The monoisotopic (exact) mass is 325 g/mol. The fourth-order valence-corrected chi connectivity index (χ4v) is 4.62. The Kier molecular flexibility index (Phi) is 3.34. The summed E-state index contributed by atoms with van der Waals surface area (Å²) in [6.07, 6.45) is 0. The van der Waals surface area contributed by atoms with Gasteiger partial charge in [-0.3, -0.25) is 0 Å². The van der Waals surface area contributed by atoms with Crippen molar-refractivity contribution < 1.29 is 5.11 Å². The maximum Gasteiger partial charge on any atom is 0.127 e. The SMILES string of the molecule is Cc1c(C)c2c3c(c(C)c(C)c(O)c3c1C)N(C)C(C)(C)C2(C)C. The lowest BCUT2D eigenvalue weighted by Crippen LogP contribution is -2.57. The van der Waals surface area contributed by atoms with Crippen LogP contribution in [0.2, 0.25) is 0 Å². The average Bonchev–Trinajstić information content (AvgIpc) is 2.48. The molecular formula is C22H31NO. The molecule has 2 aromatic carbocycles. The molecule has 0 bridgehead atoms. The van der Waals surface area contributed by atoms with Crippen molar-refractivity contribution in [1.82, 2.24) is 0 Å². The van der Waals surface area contributed by atoms with Crippen molar-refractivity contribution in [3.63, 3.8) is 0 Å². The first-order valence-corrected chi connectivity index (χ1v) is 8.87. The topological polar surface area (TPSA) is 23.5 Å². The highest BCUT2D eigenvalue weighted by atomic mass is 16.3. The van der Waals surface area contributed by atoms with E-state index in [1.807, 2.05) is 6.92 Å². The van der Waals surface area contributed by atoms with Crippen LogP contribution < -0.4 is 4.90 Å². The lowest BCUT2D eigenvalue weighted by molar-refractivity contribution is 0.288. The van der Waals surface area contributed by atoms with Gasteiger partial charge in [-0.25, -0.2) is 0 Å². The van der Waals surface area contributed by atoms with E-state index >= 15 is 0 Å². The van der Waals surface area contributed by atoms with Gasteiger partial charge >= 0.3 is 0 Å². The molecule has 0 fully saturated rings. The molecule has 2 heteroatoms. The van der Waals surface area contributed by atoms with Gasteiger partial charge in [0.1, 0.15) is 5.75 Å². The first kappa shape index (κ1) is 17.1. The molecule has 0 atom stereocenters. The Morgan fingerprint density at radius 3 is 1.79 bits per heavy atom. The molecule has 1 aliphatic rings. The van der Waals surface area contributed by atoms with Crippen LogP contribution in [0.15, 0.2) is 0 Å². The molecule has 1 aliphatic heterocycles. The Hall–Kier alpha value is -1.70. The third-order valence-corrected chi connectivity index (χ3v) is 7.45. The van der Waals surface area contributed by atoms with Crippen LogP contribution in [-0.2, 0) is 5.41 Å². The smallest absolute Gasteiger partial charge is 0.127 e. The number of benzene rings is 2. The highest BCUT2D eigenvalue weighted by Gasteiger charge is 2.48. The molecule has 0 saturated carbocycles. The van der Waals surface area contributed by atoms with Crippen molar-refractivity contribution in [2.45, 2.75) is 73.3 Å². The Balaban J connectivity index is 2.75. The van der Waals surface area contributed by atoms with Gasteiger partial charge in [-0.15, -0.1) is 0 Å². The maximum absolute atomic E-state index is 11.0. The van der Waals surface area contributed by atoms with Crippen LogP contribution >= 0.6 is 0 Å². The number of rotatable bonds is 0. The zero-order valence-corrected chi connectivity index (χ0v) is 16.9. The Labute approximate surface area is 146 Å². The fraction of sp³-hybridized carbons (Fsp3) is 0.545. The second kappa shape index (κ2) is 4.68. The van der Waals surface area contributed by atoms with E-state index in [-0.39, 0.29) is 11.0 Å². The van der Waals surface area contributed by atoms with Crippen LogP contribution in [0.4, 0.5) is 5.69 Å². The predicted octanol–water partition coefficient (Wildman–Crippen LogP) is 5.59. The second-order valence-electron chi connectivity index (χ2n) is 8.69.